The lowest BCUT2D eigenvalue weighted by Gasteiger charge is -2.27. The summed E-state index contributed by atoms with van der Waals surface area (Å²) in [5, 5.41) is 1.49. The summed E-state index contributed by atoms with van der Waals surface area (Å²) >= 11 is 0. The molecule has 1 aliphatic carbocycles. The fourth-order valence-electron chi connectivity index (χ4n) is 4.74. The Morgan fingerprint density at radius 3 is 2.44 bits per heavy atom. The summed E-state index contributed by atoms with van der Waals surface area (Å²) in [7, 11) is -0.744. The van der Waals surface area contributed by atoms with E-state index < -0.39 is 10.0 Å². The van der Waals surface area contributed by atoms with Crippen molar-refractivity contribution in [2.24, 2.45) is 0 Å². The molecule has 1 saturated carbocycles. The molecule has 1 aromatic heterocycles. The number of hydrogen-bond acceptors (Lipinski definition) is 6. The Bertz CT molecular complexity index is 1540. The van der Waals surface area contributed by atoms with Crippen LogP contribution >= 0.6 is 0 Å². The highest BCUT2D eigenvalue weighted by atomic mass is 32.2. The van der Waals surface area contributed by atoms with E-state index in [1.165, 1.54) is 4.31 Å². The van der Waals surface area contributed by atoms with Gasteiger partial charge in [-0.05, 0) is 60.5 Å². The van der Waals surface area contributed by atoms with Gasteiger partial charge >= 0.3 is 0 Å². The Hall–Kier alpha value is -3.82. The summed E-state index contributed by atoms with van der Waals surface area (Å²) in [4.78, 5) is 15.6. The number of carbonyl (C=O) groups excluding carboxylic acids is 1. The van der Waals surface area contributed by atoms with Gasteiger partial charge in [-0.3, -0.25) is 4.79 Å². The number of methoxy groups -OCH3 is 2. The van der Waals surface area contributed by atoms with Crippen LogP contribution in [0.15, 0.2) is 88.4 Å². The highest BCUT2D eigenvalue weighted by Crippen LogP contribution is 2.34. The molecule has 1 heterocycles. The van der Waals surface area contributed by atoms with Crippen molar-refractivity contribution in [1.82, 2.24) is 9.21 Å². The van der Waals surface area contributed by atoms with Gasteiger partial charge in [0.2, 0.25) is 15.9 Å². The molecule has 9 heteroatoms. The Kier molecular flexibility index (Phi) is 7.90. The Morgan fingerprint density at radius 1 is 0.949 bits per heavy atom. The van der Waals surface area contributed by atoms with Gasteiger partial charge in [-0.1, -0.05) is 42.5 Å². The summed E-state index contributed by atoms with van der Waals surface area (Å²) in [6, 6.07) is 21.7. The minimum atomic E-state index is -3.91. The molecule has 0 N–H and O–H groups in total. The van der Waals surface area contributed by atoms with Crippen molar-refractivity contribution < 1.29 is 27.1 Å². The van der Waals surface area contributed by atoms with Crippen molar-refractivity contribution in [3.63, 3.8) is 0 Å². The lowest BCUT2D eigenvalue weighted by molar-refractivity contribution is -0.132. The highest BCUT2D eigenvalue weighted by Gasteiger charge is 2.40. The first-order chi connectivity index (χ1) is 18.9. The quantitative estimate of drug-likeness (QED) is 0.251. The van der Waals surface area contributed by atoms with Crippen molar-refractivity contribution in [2.45, 2.75) is 36.7 Å². The van der Waals surface area contributed by atoms with Gasteiger partial charge < -0.3 is 18.8 Å². The lowest BCUT2D eigenvalue weighted by atomic mass is 10.1. The summed E-state index contributed by atoms with van der Waals surface area (Å²) in [5.41, 5.74) is 0.965. The molecule has 3 aromatic carbocycles. The number of ether oxygens (including phenoxy) is 2. The van der Waals surface area contributed by atoms with E-state index in [0.717, 1.165) is 23.8 Å². The van der Waals surface area contributed by atoms with Gasteiger partial charge in [0.15, 0.2) is 11.5 Å². The first-order valence-electron chi connectivity index (χ1n) is 12.9. The van der Waals surface area contributed by atoms with E-state index in [9.17, 15) is 13.2 Å². The van der Waals surface area contributed by atoms with Crippen LogP contribution < -0.4 is 9.47 Å². The Labute approximate surface area is 228 Å². The average Bonchev–Trinajstić information content (AvgIpc) is 3.67. The minimum Gasteiger partial charge on any atom is -0.493 e. The Balaban J connectivity index is 1.39. The SMILES string of the molecule is COc1ccc(CCN(Cc2ccco2)C(=O)CN(C2CC2)S(=O)(=O)c2cccc3ccccc23)cc1OC. The van der Waals surface area contributed by atoms with Gasteiger partial charge in [-0.2, -0.15) is 4.31 Å². The van der Waals surface area contributed by atoms with Crippen molar-refractivity contribution >= 4 is 26.7 Å². The molecule has 0 spiro atoms. The van der Waals surface area contributed by atoms with E-state index >= 15 is 0 Å². The monoisotopic (exact) mass is 548 g/mol. The molecular weight excluding hydrogens is 516 g/mol. The van der Waals surface area contributed by atoms with Crippen LogP contribution in [0.1, 0.15) is 24.2 Å². The number of hydrogen-bond donors (Lipinski definition) is 0. The molecule has 1 aliphatic rings. The molecule has 0 radical (unpaired) electrons. The van der Waals surface area contributed by atoms with Crippen LogP contribution in [0.3, 0.4) is 0 Å². The van der Waals surface area contributed by atoms with Crippen LogP contribution in [0.2, 0.25) is 0 Å². The molecule has 1 amide bonds. The standard InChI is InChI=1S/C30H32N2O6S/c1-36-27-15-12-22(19-28(27)37-2)16-17-31(20-25-9-6-18-38-25)30(33)21-32(24-13-14-24)39(34,35)29-11-5-8-23-7-3-4-10-26(23)29/h3-12,15,18-19,24H,13-14,16-17,20-21H2,1-2H3. The molecule has 204 valence electrons. The zero-order chi connectivity index (χ0) is 27.4. The number of carbonyl (C=O) groups is 1. The average molecular weight is 549 g/mol. The van der Waals surface area contributed by atoms with E-state index in [1.54, 1.807) is 49.6 Å². The zero-order valence-corrected chi connectivity index (χ0v) is 22.9. The fraction of sp³-hybridized carbons (Fsp3) is 0.300. The number of rotatable bonds is 12. The first kappa shape index (κ1) is 26.8. The number of fused-ring (bicyclic) bond motifs is 1. The largest absolute Gasteiger partial charge is 0.493 e. The summed E-state index contributed by atoms with van der Waals surface area (Å²) in [5.74, 6) is 1.59. The molecule has 0 atom stereocenters. The highest BCUT2D eigenvalue weighted by molar-refractivity contribution is 7.89. The van der Waals surface area contributed by atoms with Gasteiger partial charge in [-0.15, -0.1) is 0 Å². The molecule has 1 fully saturated rings. The maximum absolute atomic E-state index is 13.9. The summed E-state index contributed by atoms with van der Waals surface area (Å²) in [6.07, 6.45) is 3.59. The normalized spacial score (nSPS) is 13.5. The van der Waals surface area contributed by atoms with E-state index in [0.29, 0.717) is 35.6 Å². The van der Waals surface area contributed by atoms with Crippen LogP contribution in [0.25, 0.3) is 10.8 Å². The molecule has 39 heavy (non-hydrogen) atoms. The van der Waals surface area contributed by atoms with Crippen molar-refractivity contribution in [3.05, 3.63) is 90.4 Å². The van der Waals surface area contributed by atoms with E-state index in [-0.39, 0.29) is 29.9 Å². The molecule has 8 nitrogen and oxygen atoms in total. The number of amides is 1. The number of furan rings is 1. The maximum atomic E-state index is 13.9. The molecule has 0 bridgehead atoms. The van der Waals surface area contributed by atoms with Gasteiger partial charge in [0.05, 0.1) is 38.5 Å². The lowest BCUT2D eigenvalue weighted by Crippen LogP contribution is -2.44. The third-order valence-corrected chi connectivity index (χ3v) is 8.94. The second kappa shape index (κ2) is 11.5. The first-order valence-corrected chi connectivity index (χ1v) is 14.4. The molecule has 0 aliphatic heterocycles. The maximum Gasteiger partial charge on any atom is 0.244 e. The van der Waals surface area contributed by atoms with Gasteiger partial charge in [-0.25, -0.2) is 8.42 Å². The topological polar surface area (TPSA) is 89.3 Å². The fourth-order valence-corrected chi connectivity index (χ4v) is 6.59. The minimum absolute atomic E-state index is 0.186. The number of sulfonamides is 1. The Morgan fingerprint density at radius 2 is 1.72 bits per heavy atom. The third kappa shape index (κ3) is 5.94. The summed E-state index contributed by atoms with van der Waals surface area (Å²) < 4.78 is 45.5. The van der Waals surface area contributed by atoms with Crippen LogP contribution in [0, 0.1) is 0 Å². The van der Waals surface area contributed by atoms with Gasteiger partial charge in [0.1, 0.15) is 5.76 Å². The summed E-state index contributed by atoms with van der Waals surface area (Å²) in [6.45, 7) is 0.386. The molecule has 0 saturated heterocycles. The van der Waals surface area contributed by atoms with Crippen LogP contribution in [0.4, 0.5) is 0 Å². The van der Waals surface area contributed by atoms with Gasteiger partial charge in [0.25, 0.3) is 0 Å². The van der Waals surface area contributed by atoms with Crippen LogP contribution in [-0.2, 0) is 27.8 Å². The predicted octanol–water partition coefficient (Wildman–Crippen LogP) is 4.87. The van der Waals surface area contributed by atoms with Gasteiger partial charge in [0, 0.05) is 18.0 Å². The molecule has 5 rings (SSSR count). The second-order valence-corrected chi connectivity index (χ2v) is 11.5. The van der Waals surface area contributed by atoms with E-state index in [4.69, 9.17) is 13.9 Å². The van der Waals surface area contributed by atoms with Crippen molar-refractivity contribution in [3.8, 4) is 11.5 Å². The van der Waals surface area contributed by atoms with Crippen molar-refractivity contribution in [2.75, 3.05) is 27.3 Å². The van der Waals surface area contributed by atoms with Crippen LogP contribution in [0.5, 0.6) is 11.5 Å². The van der Waals surface area contributed by atoms with Crippen LogP contribution in [-0.4, -0.2) is 56.9 Å². The third-order valence-electron chi connectivity index (χ3n) is 6.98. The smallest absolute Gasteiger partial charge is 0.244 e. The zero-order valence-electron chi connectivity index (χ0n) is 22.1. The number of nitrogens with zero attached hydrogens (tertiary/aromatic N) is 2. The molecule has 4 aromatic rings. The van der Waals surface area contributed by atoms with E-state index in [2.05, 4.69) is 0 Å². The molecule has 0 unspecified atom stereocenters. The number of benzene rings is 3. The van der Waals surface area contributed by atoms with E-state index in [1.807, 2.05) is 48.5 Å². The second-order valence-electron chi connectivity index (χ2n) is 9.59. The molecular formula is C30H32N2O6S. The van der Waals surface area contributed by atoms with Crippen molar-refractivity contribution in [1.29, 1.82) is 0 Å². The predicted molar refractivity (Wildman–Crippen MR) is 148 cm³/mol.